The number of nitrogens with zero attached hydrogens (tertiary/aromatic N) is 2. The average molecular weight is 180 g/mol. The molecule has 0 bridgehead atoms. The SMILES string of the molecule is NC(=O)NN=Cc1ccc[n+]([O-])c1. The third kappa shape index (κ3) is 3.19. The summed E-state index contributed by atoms with van der Waals surface area (Å²) in [5.74, 6) is 0. The molecule has 0 saturated carbocycles. The highest BCUT2D eigenvalue weighted by atomic mass is 16.5. The molecule has 0 aliphatic rings. The first kappa shape index (κ1) is 8.98. The minimum absolute atomic E-state index is 0.575. The van der Waals surface area contributed by atoms with Gasteiger partial charge in [0.2, 0.25) is 0 Å². The van der Waals surface area contributed by atoms with Crippen LogP contribution in [0.15, 0.2) is 29.6 Å². The summed E-state index contributed by atoms with van der Waals surface area (Å²) in [7, 11) is 0. The van der Waals surface area contributed by atoms with Crippen LogP contribution in [-0.4, -0.2) is 12.2 Å². The Morgan fingerprint density at radius 1 is 1.77 bits per heavy atom. The lowest BCUT2D eigenvalue weighted by atomic mass is 10.3. The first-order valence-electron chi connectivity index (χ1n) is 3.46. The second-order valence-corrected chi connectivity index (χ2v) is 2.23. The van der Waals surface area contributed by atoms with E-state index in [2.05, 4.69) is 5.10 Å². The summed E-state index contributed by atoms with van der Waals surface area (Å²) in [6.45, 7) is 0. The first-order chi connectivity index (χ1) is 6.18. The van der Waals surface area contributed by atoms with E-state index < -0.39 is 6.03 Å². The molecule has 0 spiro atoms. The third-order valence-electron chi connectivity index (χ3n) is 1.19. The molecule has 1 aromatic rings. The van der Waals surface area contributed by atoms with E-state index in [1.807, 2.05) is 5.43 Å². The molecule has 68 valence electrons. The van der Waals surface area contributed by atoms with Crippen LogP contribution in [0.25, 0.3) is 0 Å². The van der Waals surface area contributed by atoms with Gasteiger partial charge in [-0.1, -0.05) is 0 Å². The number of aromatic nitrogens is 1. The van der Waals surface area contributed by atoms with E-state index in [1.54, 1.807) is 12.1 Å². The molecule has 3 N–H and O–H groups in total. The Hall–Kier alpha value is -2.11. The largest absolute Gasteiger partial charge is 0.619 e. The monoisotopic (exact) mass is 180 g/mol. The van der Waals surface area contributed by atoms with Gasteiger partial charge in [0.05, 0.1) is 11.8 Å². The Balaban J connectivity index is 2.63. The van der Waals surface area contributed by atoms with Gasteiger partial charge in [-0.3, -0.25) is 0 Å². The normalized spacial score (nSPS) is 10.2. The number of hydrogen-bond acceptors (Lipinski definition) is 3. The molecule has 6 heteroatoms. The summed E-state index contributed by atoms with van der Waals surface area (Å²) >= 11 is 0. The number of nitrogens with one attached hydrogen (secondary N) is 1. The maximum Gasteiger partial charge on any atom is 0.332 e. The molecule has 0 unspecified atom stereocenters. The van der Waals surface area contributed by atoms with E-state index in [0.29, 0.717) is 10.3 Å². The third-order valence-corrected chi connectivity index (χ3v) is 1.19. The smallest absolute Gasteiger partial charge is 0.332 e. The Kier molecular flexibility index (Phi) is 2.80. The Morgan fingerprint density at radius 3 is 3.15 bits per heavy atom. The van der Waals surface area contributed by atoms with Gasteiger partial charge in [-0.15, -0.1) is 0 Å². The van der Waals surface area contributed by atoms with Crippen molar-refractivity contribution in [2.75, 3.05) is 0 Å². The quantitative estimate of drug-likeness (QED) is 0.273. The number of carbonyl (C=O) groups excluding carboxylic acids is 1. The van der Waals surface area contributed by atoms with Crippen molar-refractivity contribution in [1.82, 2.24) is 5.43 Å². The molecule has 6 nitrogen and oxygen atoms in total. The molecule has 2 amide bonds. The van der Waals surface area contributed by atoms with Gasteiger partial charge in [0, 0.05) is 6.07 Å². The van der Waals surface area contributed by atoms with E-state index in [0.717, 1.165) is 0 Å². The second-order valence-electron chi connectivity index (χ2n) is 2.23. The van der Waals surface area contributed by atoms with Crippen LogP contribution in [0.1, 0.15) is 5.56 Å². The van der Waals surface area contributed by atoms with Crippen LogP contribution in [0.5, 0.6) is 0 Å². The van der Waals surface area contributed by atoms with Gasteiger partial charge >= 0.3 is 6.03 Å². The van der Waals surface area contributed by atoms with Crippen molar-refractivity contribution in [3.8, 4) is 0 Å². The van der Waals surface area contributed by atoms with E-state index in [-0.39, 0.29) is 0 Å². The Bertz CT molecular complexity index is 337. The lowest BCUT2D eigenvalue weighted by Gasteiger charge is -1.95. The number of urea groups is 1. The number of nitrogens with two attached hydrogens (primary N) is 1. The van der Waals surface area contributed by atoms with Crippen LogP contribution in [0, 0.1) is 5.21 Å². The van der Waals surface area contributed by atoms with Crippen LogP contribution >= 0.6 is 0 Å². The molecule has 0 atom stereocenters. The standard InChI is InChI=1S/C7H8N4O2/c8-7(12)10-9-4-6-2-1-3-11(13)5-6/h1-5H,(H3,8,10,12). The number of carbonyl (C=O) groups is 1. The molecule has 0 saturated heterocycles. The number of hydrazone groups is 1. The molecule has 0 aromatic carbocycles. The van der Waals surface area contributed by atoms with Crippen LogP contribution in [0.2, 0.25) is 0 Å². The molecule has 0 radical (unpaired) electrons. The van der Waals surface area contributed by atoms with Crippen molar-refractivity contribution in [2.24, 2.45) is 10.8 Å². The molecule has 0 fully saturated rings. The van der Waals surface area contributed by atoms with Gasteiger partial charge in [-0.05, 0) is 6.07 Å². The predicted molar refractivity (Wildman–Crippen MR) is 45.7 cm³/mol. The van der Waals surface area contributed by atoms with Gasteiger partial charge in [0.25, 0.3) is 0 Å². The van der Waals surface area contributed by atoms with Gasteiger partial charge in [0.1, 0.15) is 0 Å². The van der Waals surface area contributed by atoms with Gasteiger partial charge in [0.15, 0.2) is 12.4 Å². The molecule has 0 aliphatic heterocycles. The van der Waals surface area contributed by atoms with Crippen LogP contribution in [0.3, 0.4) is 0 Å². The second kappa shape index (κ2) is 4.05. The number of rotatable bonds is 2. The summed E-state index contributed by atoms with van der Waals surface area (Å²) in [5.41, 5.74) is 7.34. The number of amides is 2. The molecular formula is C7H8N4O2. The Morgan fingerprint density at radius 2 is 2.54 bits per heavy atom. The Labute approximate surface area is 74.3 Å². The number of primary amides is 1. The van der Waals surface area contributed by atoms with Gasteiger partial charge in [-0.2, -0.15) is 9.83 Å². The summed E-state index contributed by atoms with van der Waals surface area (Å²) < 4.78 is 0.631. The summed E-state index contributed by atoms with van der Waals surface area (Å²) in [6.07, 6.45) is 3.98. The summed E-state index contributed by atoms with van der Waals surface area (Å²) in [5, 5.41) is 14.2. The fourth-order valence-corrected chi connectivity index (χ4v) is 0.719. The zero-order valence-electron chi connectivity index (χ0n) is 6.68. The average Bonchev–Trinajstić information content (AvgIpc) is 2.03. The van der Waals surface area contributed by atoms with E-state index in [4.69, 9.17) is 5.73 Å². The van der Waals surface area contributed by atoms with Gasteiger partial charge < -0.3 is 10.9 Å². The molecule has 0 aliphatic carbocycles. The maximum atomic E-state index is 10.7. The first-order valence-corrected chi connectivity index (χ1v) is 3.46. The number of pyridine rings is 1. The van der Waals surface area contributed by atoms with E-state index >= 15 is 0 Å². The molecule has 1 aromatic heterocycles. The highest BCUT2D eigenvalue weighted by Gasteiger charge is 1.92. The molecule has 1 heterocycles. The zero-order chi connectivity index (χ0) is 9.68. The molecule has 13 heavy (non-hydrogen) atoms. The van der Waals surface area contributed by atoms with Crippen LogP contribution in [-0.2, 0) is 0 Å². The molecule has 1 rings (SSSR count). The highest BCUT2D eigenvalue weighted by Crippen LogP contribution is 1.87. The van der Waals surface area contributed by atoms with Crippen molar-refractivity contribution in [3.63, 3.8) is 0 Å². The highest BCUT2D eigenvalue weighted by molar-refractivity contribution is 5.80. The zero-order valence-corrected chi connectivity index (χ0v) is 6.68. The topological polar surface area (TPSA) is 94.4 Å². The summed E-state index contributed by atoms with van der Waals surface area (Å²) in [4.78, 5) is 10.2. The minimum atomic E-state index is -0.748. The van der Waals surface area contributed by atoms with Gasteiger partial charge in [-0.25, -0.2) is 10.2 Å². The van der Waals surface area contributed by atoms with Crippen molar-refractivity contribution in [3.05, 3.63) is 35.3 Å². The molecular weight excluding hydrogens is 172 g/mol. The lowest BCUT2D eigenvalue weighted by molar-refractivity contribution is -0.605. The van der Waals surface area contributed by atoms with Crippen molar-refractivity contribution in [1.29, 1.82) is 0 Å². The van der Waals surface area contributed by atoms with Crippen LogP contribution < -0.4 is 15.9 Å². The lowest BCUT2D eigenvalue weighted by Crippen LogP contribution is -2.26. The summed E-state index contributed by atoms with van der Waals surface area (Å²) in [6, 6.07) is 2.49. The van der Waals surface area contributed by atoms with Crippen molar-refractivity contribution < 1.29 is 9.52 Å². The van der Waals surface area contributed by atoms with Crippen molar-refractivity contribution in [2.45, 2.75) is 0 Å². The van der Waals surface area contributed by atoms with E-state index in [9.17, 15) is 10.0 Å². The van der Waals surface area contributed by atoms with E-state index in [1.165, 1.54) is 18.6 Å². The maximum absolute atomic E-state index is 10.7. The number of hydrogen-bond donors (Lipinski definition) is 2. The fourth-order valence-electron chi connectivity index (χ4n) is 0.719. The minimum Gasteiger partial charge on any atom is -0.619 e. The van der Waals surface area contributed by atoms with Crippen molar-refractivity contribution >= 4 is 12.2 Å². The predicted octanol–water partition coefficient (Wildman–Crippen LogP) is -0.678. The van der Waals surface area contributed by atoms with Crippen LogP contribution in [0.4, 0.5) is 4.79 Å². The fraction of sp³-hybridized carbons (Fsp3) is 0.